The van der Waals surface area contributed by atoms with Gasteiger partial charge in [-0.25, -0.2) is 4.98 Å². The monoisotopic (exact) mass is 377 g/mol. The van der Waals surface area contributed by atoms with E-state index in [0.717, 1.165) is 17.3 Å². The van der Waals surface area contributed by atoms with Crippen molar-refractivity contribution in [2.24, 2.45) is 0 Å². The molecule has 1 saturated carbocycles. The van der Waals surface area contributed by atoms with Gasteiger partial charge in [-0.1, -0.05) is 28.8 Å². The zero-order valence-electron chi connectivity index (χ0n) is 13.2. The highest BCUT2D eigenvalue weighted by atomic mass is 79.9. The van der Waals surface area contributed by atoms with E-state index in [4.69, 9.17) is 0 Å². The predicted octanol–water partition coefficient (Wildman–Crippen LogP) is 2.95. The Morgan fingerprint density at radius 1 is 1.39 bits per heavy atom. The zero-order valence-corrected chi connectivity index (χ0v) is 14.8. The number of aryl methyl sites for hydroxylation is 1. The number of halogens is 1. The number of hydrogen-bond acceptors (Lipinski definition) is 3. The van der Waals surface area contributed by atoms with Crippen LogP contribution in [0.3, 0.4) is 0 Å². The Hall–Kier alpha value is -1.69. The number of carbonyl (C=O) groups excluding carboxylic acids is 1. The minimum Gasteiger partial charge on any atom is -0.343 e. The molecule has 1 aliphatic carbocycles. The van der Waals surface area contributed by atoms with Crippen molar-refractivity contribution in [3.63, 3.8) is 0 Å². The molecule has 0 saturated heterocycles. The van der Waals surface area contributed by atoms with Crippen molar-refractivity contribution < 1.29 is 4.79 Å². The molecule has 5 nitrogen and oxygen atoms in total. The van der Waals surface area contributed by atoms with Crippen LogP contribution in [0, 0.1) is 0 Å². The number of amides is 1. The molecule has 1 heterocycles. The largest absolute Gasteiger partial charge is 0.343 e. The minimum absolute atomic E-state index is 0.0955. The van der Waals surface area contributed by atoms with Gasteiger partial charge in [-0.05, 0) is 31.0 Å². The molecule has 0 radical (unpaired) electrons. The molecule has 6 heteroatoms. The molecule has 1 aromatic heterocycles. The van der Waals surface area contributed by atoms with Gasteiger partial charge in [-0.15, -0.1) is 0 Å². The summed E-state index contributed by atoms with van der Waals surface area (Å²) in [4.78, 5) is 31.0. The summed E-state index contributed by atoms with van der Waals surface area (Å²) in [5.41, 5.74) is 0.566. The highest BCUT2D eigenvalue weighted by molar-refractivity contribution is 9.10. The average Bonchev–Trinajstić information content (AvgIpc) is 3.08. The van der Waals surface area contributed by atoms with E-state index < -0.39 is 0 Å². The first kappa shape index (κ1) is 16.2. The quantitative estimate of drug-likeness (QED) is 0.822. The van der Waals surface area contributed by atoms with Crippen molar-refractivity contribution in [3.8, 4) is 0 Å². The first-order valence-corrected chi connectivity index (χ1v) is 8.76. The lowest BCUT2D eigenvalue weighted by Gasteiger charge is -2.24. The molecule has 1 fully saturated rings. The van der Waals surface area contributed by atoms with Gasteiger partial charge in [0.25, 0.3) is 5.56 Å². The van der Waals surface area contributed by atoms with Gasteiger partial charge in [0.15, 0.2) is 0 Å². The third-order valence-corrected chi connectivity index (χ3v) is 5.11. The molecule has 0 N–H and O–H groups in total. The molecule has 1 aromatic carbocycles. The second-order valence-electron chi connectivity index (χ2n) is 6.10. The Kier molecular flexibility index (Phi) is 4.80. The van der Waals surface area contributed by atoms with Crippen LogP contribution in [0.4, 0.5) is 0 Å². The minimum atomic E-state index is -0.104. The van der Waals surface area contributed by atoms with Gasteiger partial charge in [-0.3, -0.25) is 14.2 Å². The van der Waals surface area contributed by atoms with Crippen LogP contribution in [-0.2, 0) is 11.3 Å². The Morgan fingerprint density at radius 3 is 2.87 bits per heavy atom. The van der Waals surface area contributed by atoms with Gasteiger partial charge in [-0.2, -0.15) is 0 Å². The van der Waals surface area contributed by atoms with Crippen LogP contribution in [0.5, 0.6) is 0 Å². The Morgan fingerprint density at radius 2 is 2.13 bits per heavy atom. The molecule has 0 bridgehead atoms. The van der Waals surface area contributed by atoms with E-state index in [-0.39, 0.29) is 11.5 Å². The van der Waals surface area contributed by atoms with Crippen molar-refractivity contribution in [1.29, 1.82) is 0 Å². The van der Waals surface area contributed by atoms with E-state index in [1.807, 2.05) is 24.1 Å². The fraction of sp³-hybridized carbons (Fsp3) is 0.471. The Labute approximate surface area is 143 Å². The standard InChI is InChI=1S/C17H20BrN3O2/c1-20(13-4-2-3-5-13)16(22)8-9-21-11-19-15-7-6-12(18)10-14(15)17(21)23/h6-7,10-11,13H,2-5,8-9H2,1H3. The molecule has 1 aliphatic rings. The van der Waals surface area contributed by atoms with Crippen LogP contribution < -0.4 is 5.56 Å². The third-order valence-electron chi connectivity index (χ3n) is 4.62. The zero-order chi connectivity index (χ0) is 16.4. The van der Waals surface area contributed by atoms with Gasteiger partial charge in [0.05, 0.1) is 17.2 Å². The number of hydrogen-bond donors (Lipinski definition) is 0. The molecule has 1 amide bonds. The van der Waals surface area contributed by atoms with Crippen molar-refractivity contribution in [3.05, 3.63) is 39.4 Å². The summed E-state index contributed by atoms with van der Waals surface area (Å²) in [6, 6.07) is 5.81. The number of benzene rings is 1. The van der Waals surface area contributed by atoms with E-state index in [2.05, 4.69) is 20.9 Å². The van der Waals surface area contributed by atoms with Crippen LogP contribution in [0.2, 0.25) is 0 Å². The van der Waals surface area contributed by atoms with E-state index in [9.17, 15) is 9.59 Å². The molecule has 0 aliphatic heterocycles. The second kappa shape index (κ2) is 6.83. The molecule has 0 unspecified atom stereocenters. The lowest BCUT2D eigenvalue weighted by molar-refractivity contribution is -0.132. The van der Waals surface area contributed by atoms with Crippen LogP contribution in [-0.4, -0.2) is 33.4 Å². The van der Waals surface area contributed by atoms with Crippen LogP contribution in [0.25, 0.3) is 10.9 Å². The number of nitrogens with zero attached hydrogens (tertiary/aromatic N) is 3. The molecule has 0 spiro atoms. The topological polar surface area (TPSA) is 55.2 Å². The normalized spacial score (nSPS) is 15.2. The summed E-state index contributed by atoms with van der Waals surface area (Å²) in [6.07, 6.45) is 6.44. The fourth-order valence-corrected chi connectivity index (χ4v) is 3.54. The van der Waals surface area contributed by atoms with E-state index in [0.29, 0.717) is 29.9 Å². The van der Waals surface area contributed by atoms with Crippen molar-refractivity contribution >= 4 is 32.7 Å². The van der Waals surface area contributed by atoms with Gasteiger partial charge in [0.1, 0.15) is 0 Å². The molecule has 2 aromatic rings. The van der Waals surface area contributed by atoms with E-state index in [1.54, 1.807) is 6.07 Å². The summed E-state index contributed by atoms with van der Waals surface area (Å²) >= 11 is 3.37. The lowest BCUT2D eigenvalue weighted by Crippen LogP contribution is -2.36. The molecule has 23 heavy (non-hydrogen) atoms. The number of rotatable bonds is 4. The van der Waals surface area contributed by atoms with Crippen LogP contribution in [0.1, 0.15) is 32.1 Å². The maximum absolute atomic E-state index is 12.5. The lowest BCUT2D eigenvalue weighted by atomic mass is 10.2. The summed E-state index contributed by atoms with van der Waals surface area (Å²) in [5.74, 6) is 0.0955. The number of aromatic nitrogens is 2. The maximum Gasteiger partial charge on any atom is 0.261 e. The first-order chi connectivity index (χ1) is 11.1. The molecule has 0 atom stereocenters. The van der Waals surface area contributed by atoms with Crippen molar-refractivity contribution in [2.45, 2.75) is 44.7 Å². The smallest absolute Gasteiger partial charge is 0.261 e. The van der Waals surface area contributed by atoms with Gasteiger partial charge in [0, 0.05) is 30.5 Å². The van der Waals surface area contributed by atoms with Gasteiger partial charge < -0.3 is 4.90 Å². The maximum atomic E-state index is 12.5. The third kappa shape index (κ3) is 3.47. The molecular formula is C17H20BrN3O2. The fourth-order valence-electron chi connectivity index (χ4n) is 3.18. The Balaban J connectivity index is 1.73. The summed E-state index contributed by atoms with van der Waals surface area (Å²) in [6.45, 7) is 0.365. The number of carbonyl (C=O) groups is 1. The summed E-state index contributed by atoms with van der Waals surface area (Å²) in [5, 5.41) is 0.568. The van der Waals surface area contributed by atoms with Crippen LogP contribution in [0.15, 0.2) is 33.8 Å². The first-order valence-electron chi connectivity index (χ1n) is 7.96. The van der Waals surface area contributed by atoms with Crippen molar-refractivity contribution in [2.75, 3.05) is 7.05 Å². The molecular weight excluding hydrogens is 358 g/mol. The number of fused-ring (bicyclic) bond motifs is 1. The summed E-state index contributed by atoms with van der Waals surface area (Å²) in [7, 11) is 1.87. The van der Waals surface area contributed by atoms with Gasteiger partial charge >= 0.3 is 0 Å². The highest BCUT2D eigenvalue weighted by Crippen LogP contribution is 2.22. The Bertz CT molecular complexity index is 781. The van der Waals surface area contributed by atoms with Gasteiger partial charge in [0.2, 0.25) is 5.91 Å². The molecule has 122 valence electrons. The SMILES string of the molecule is CN(C(=O)CCn1cnc2ccc(Br)cc2c1=O)C1CCCC1. The second-order valence-corrected chi connectivity index (χ2v) is 7.01. The average molecular weight is 378 g/mol. The van der Waals surface area contributed by atoms with Crippen molar-refractivity contribution in [1.82, 2.24) is 14.5 Å². The molecule has 3 rings (SSSR count). The summed E-state index contributed by atoms with van der Waals surface area (Å²) < 4.78 is 2.37. The highest BCUT2D eigenvalue weighted by Gasteiger charge is 2.23. The van der Waals surface area contributed by atoms with Crippen LogP contribution >= 0.6 is 15.9 Å². The predicted molar refractivity (Wildman–Crippen MR) is 93.3 cm³/mol. The van der Waals surface area contributed by atoms with E-state index >= 15 is 0 Å². The van der Waals surface area contributed by atoms with E-state index in [1.165, 1.54) is 23.7 Å².